The molecule has 0 amide bonds. The highest BCUT2D eigenvalue weighted by Gasteiger charge is 2.42. The number of H-pyrrole nitrogens is 1. The van der Waals surface area contributed by atoms with Crippen molar-refractivity contribution in [3.05, 3.63) is 28.2 Å². The van der Waals surface area contributed by atoms with Crippen LogP contribution in [0.15, 0.2) is 17.1 Å². The second kappa shape index (κ2) is 4.15. The Morgan fingerprint density at radius 1 is 1.39 bits per heavy atom. The summed E-state index contributed by atoms with van der Waals surface area (Å²) in [6.45, 7) is 12.2. The zero-order chi connectivity index (χ0) is 13.6. The van der Waals surface area contributed by atoms with Gasteiger partial charge in [0.05, 0.1) is 5.69 Å². The lowest BCUT2D eigenvalue weighted by molar-refractivity contribution is 0.377. The summed E-state index contributed by atoms with van der Waals surface area (Å²) in [4.78, 5) is 16.8. The molecule has 0 saturated carbocycles. The molecule has 0 aliphatic carbocycles. The number of pyridine rings is 1. The molecule has 0 fully saturated rings. The van der Waals surface area contributed by atoms with E-state index in [2.05, 4.69) is 44.5 Å². The molecule has 0 aromatic carbocycles. The molecule has 0 saturated heterocycles. The van der Waals surface area contributed by atoms with Gasteiger partial charge >= 0.3 is 0 Å². The third-order valence-corrected chi connectivity index (χ3v) is 4.65. The highest BCUT2D eigenvalue weighted by atomic mass is 16.1. The second-order valence-corrected chi connectivity index (χ2v) is 6.27. The fourth-order valence-electron chi connectivity index (χ4n) is 2.91. The van der Waals surface area contributed by atoms with Crippen molar-refractivity contribution in [3.8, 4) is 0 Å². The van der Waals surface area contributed by atoms with Gasteiger partial charge < -0.3 is 9.88 Å². The van der Waals surface area contributed by atoms with Gasteiger partial charge in [-0.15, -0.1) is 0 Å². The largest absolute Gasteiger partial charge is 0.364 e. The Kier molecular flexibility index (Phi) is 3.04. The second-order valence-electron chi connectivity index (χ2n) is 6.27. The van der Waals surface area contributed by atoms with Crippen LogP contribution in [0.4, 0.5) is 5.69 Å². The molecule has 1 aliphatic rings. The van der Waals surface area contributed by atoms with Gasteiger partial charge in [-0.3, -0.25) is 4.79 Å². The number of nitrogens with zero attached hydrogens (tertiary/aromatic N) is 1. The Morgan fingerprint density at radius 2 is 2.00 bits per heavy atom. The average Bonchev–Trinajstić information content (AvgIpc) is 2.61. The summed E-state index contributed by atoms with van der Waals surface area (Å²) in [6, 6.07) is 1.76. The van der Waals surface area contributed by atoms with E-state index in [1.54, 1.807) is 6.07 Å². The lowest BCUT2D eigenvalue weighted by Gasteiger charge is -2.40. The van der Waals surface area contributed by atoms with Gasteiger partial charge in [0.15, 0.2) is 0 Å². The molecule has 3 heteroatoms. The van der Waals surface area contributed by atoms with Gasteiger partial charge in [0.2, 0.25) is 5.56 Å². The van der Waals surface area contributed by atoms with Crippen LogP contribution in [0.25, 0.3) is 0 Å². The maximum absolute atomic E-state index is 11.5. The number of nitrogens with one attached hydrogen (secondary N) is 1. The van der Waals surface area contributed by atoms with E-state index in [1.807, 2.05) is 6.20 Å². The molecule has 100 valence electrons. The maximum Gasteiger partial charge on any atom is 0.248 e. The van der Waals surface area contributed by atoms with Crippen LogP contribution in [0, 0.1) is 0 Å². The van der Waals surface area contributed by atoms with Crippen LogP contribution in [0.2, 0.25) is 0 Å². The van der Waals surface area contributed by atoms with Crippen LogP contribution in [-0.4, -0.2) is 17.1 Å². The topological polar surface area (TPSA) is 36.1 Å². The van der Waals surface area contributed by atoms with E-state index in [9.17, 15) is 4.79 Å². The molecule has 1 N–H and O–H groups in total. The number of aromatic nitrogens is 1. The van der Waals surface area contributed by atoms with Crippen molar-refractivity contribution in [2.75, 3.05) is 11.4 Å². The molecule has 3 nitrogen and oxygen atoms in total. The zero-order valence-corrected chi connectivity index (χ0v) is 12.1. The molecule has 0 spiro atoms. The molecule has 0 bridgehead atoms. The fourth-order valence-corrected chi connectivity index (χ4v) is 2.91. The fraction of sp³-hybridized carbons (Fsp3) is 0.667. The Hall–Kier alpha value is -1.25. The standard InChI is InChI=1S/C15H24N2O/c1-6-15(5,7-2)17-10-14(3,4)11-8-13(18)16-9-12(11)17/h8-9H,6-7,10H2,1-5H3,(H,16,18). The van der Waals surface area contributed by atoms with Gasteiger partial charge in [0.1, 0.15) is 0 Å². The van der Waals surface area contributed by atoms with E-state index in [1.165, 1.54) is 11.3 Å². The number of hydrogen-bond acceptors (Lipinski definition) is 2. The van der Waals surface area contributed by atoms with Crippen molar-refractivity contribution >= 4 is 5.69 Å². The molecular weight excluding hydrogens is 224 g/mol. The number of hydrogen-bond donors (Lipinski definition) is 1. The molecule has 2 heterocycles. The number of rotatable bonds is 3. The van der Waals surface area contributed by atoms with Crippen LogP contribution < -0.4 is 10.5 Å². The number of aromatic amines is 1. The van der Waals surface area contributed by atoms with Crippen LogP contribution >= 0.6 is 0 Å². The van der Waals surface area contributed by atoms with Crippen molar-refractivity contribution in [1.82, 2.24) is 4.98 Å². The predicted octanol–water partition coefficient (Wildman–Crippen LogP) is 3.05. The third kappa shape index (κ3) is 1.86. The van der Waals surface area contributed by atoms with Crippen LogP contribution in [0.1, 0.15) is 53.0 Å². The normalized spacial score (nSPS) is 17.9. The Labute approximate surface area is 109 Å². The van der Waals surface area contributed by atoms with Crippen LogP contribution in [0.5, 0.6) is 0 Å². The number of anilines is 1. The summed E-state index contributed by atoms with van der Waals surface area (Å²) in [5.74, 6) is 0. The first-order chi connectivity index (χ1) is 8.34. The van der Waals surface area contributed by atoms with Crippen molar-refractivity contribution in [1.29, 1.82) is 0 Å². The Balaban J connectivity index is 2.55. The van der Waals surface area contributed by atoms with E-state index in [0.717, 1.165) is 19.4 Å². The molecule has 2 rings (SSSR count). The van der Waals surface area contributed by atoms with E-state index in [-0.39, 0.29) is 16.5 Å². The van der Waals surface area contributed by atoms with Gasteiger partial charge in [-0.2, -0.15) is 0 Å². The molecule has 0 unspecified atom stereocenters. The van der Waals surface area contributed by atoms with Crippen molar-refractivity contribution in [2.24, 2.45) is 0 Å². The predicted molar refractivity (Wildman–Crippen MR) is 76.4 cm³/mol. The minimum atomic E-state index is -0.00150. The molecule has 1 aliphatic heterocycles. The third-order valence-electron chi connectivity index (χ3n) is 4.65. The molecule has 1 aromatic heterocycles. The highest BCUT2D eigenvalue weighted by Crippen LogP contribution is 2.44. The first kappa shape index (κ1) is 13.2. The summed E-state index contributed by atoms with van der Waals surface area (Å²) < 4.78 is 0. The first-order valence-corrected chi connectivity index (χ1v) is 6.85. The summed E-state index contributed by atoms with van der Waals surface area (Å²) in [5, 5.41) is 0. The first-order valence-electron chi connectivity index (χ1n) is 6.85. The summed E-state index contributed by atoms with van der Waals surface area (Å²) in [6.07, 6.45) is 4.10. The van der Waals surface area contributed by atoms with E-state index < -0.39 is 0 Å². The lowest BCUT2D eigenvalue weighted by atomic mass is 9.87. The van der Waals surface area contributed by atoms with Crippen molar-refractivity contribution < 1.29 is 0 Å². The smallest absolute Gasteiger partial charge is 0.248 e. The quantitative estimate of drug-likeness (QED) is 0.892. The van der Waals surface area contributed by atoms with Crippen LogP contribution in [0.3, 0.4) is 0 Å². The average molecular weight is 248 g/mol. The lowest BCUT2D eigenvalue weighted by Crippen LogP contribution is -2.46. The van der Waals surface area contributed by atoms with Gasteiger partial charge in [0, 0.05) is 29.8 Å². The monoisotopic (exact) mass is 248 g/mol. The molecule has 0 radical (unpaired) electrons. The summed E-state index contributed by atoms with van der Waals surface area (Å²) in [5.41, 5.74) is 2.60. The highest BCUT2D eigenvalue weighted by molar-refractivity contribution is 5.62. The minimum absolute atomic E-state index is 0.00150. The zero-order valence-electron chi connectivity index (χ0n) is 12.1. The number of fused-ring (bicyclic) bond motifs is 1. The SMILES string of the molecule is CCC(C)(CC)N1CC(C)(C)c2cc(=O)[nH]cc21. The van der Waals surface area contributed by atoms with Gasteiger partial charge in [-0.1, -0.05) is 27.7 Å². The molecule has 0 atom stereocenters. The minimum Gasteiger partial charge on any atom is -0.364 e. The van der Waals surface area contributed by atoms with Gasteiger partial charge in [-0.05, 0) is 25.3 Å². The summed E-state index contributed by atoms with van der Waals surface area (Å²) >= 11 is 0. The molecular formula is C15H24N2O. The van der Waals surface area contributed by atoms with Gasteiger partial charge in [0.25, 0.3) is 0 Å². The Morgan fingerprint density at radius 3 is 2.56 bits per heavy atom. The van der Waals surface area contributed by atoms with E-state index >= 15 is 0 Å². The van der Waals surface area contributed by atoms with Crippen LogP contribution in [-0.2, 0) is 5.41 Å². The summed E-state index contributed by atoms with van der Waals surface area (Å²) in [7, 11) is 0. The molecule has 18 heavy (non-hydrogen) atoms. The van der Waals surface area contributed by atoms with Crippen molar-refractivity contribution in [3.63, 3.8) is 0 Å². The Bertz CT molecular complexity index is 497. The van der Waals surface area contributed by atoms with Gasteiger partial charge in [-0.25, -0.2) is 0 Å². The molecule has 1 aromatic rings. The van der Waals surface area contributed by atoms with E-state index in [0.29, 0.717) is 0 Å². The maximum atomic E-state index is 11.5. The van der Waals surface area contributed by atoms with Crippen molar-refractivity contribution in [2.45, 2.75) is 58.4 Å². The van der Waals surface area contributed by atoms with E-state index in [4.69, 9.17) is 0 Å².